The Hall–Kier alpha value is -1.31. The molecule has 1 nitrogen and oxygen atoms in total. The molecule has 2 rings (SSSR count). The molecule has 0 bridgehead atoms. The zero-order valence-corrected chi connectivity index (χ0v) is 11.4. The minimum atomic E-state index is 0.0530. The Morgan fingerprint density at radius 2 is 1.83 bits per heavy atom. The molecule has 0 saturated heterocycles. The summed E-state index contributed by atoms with van der Waals surface area (Å²) in [5.41, 5.74) is 2.40. The van der Waals surface area contributed by atoms with Gasteiger partial charge in [0.25, 0.3) is 0 Å². The average Bonchev–Trinajstić information content (AvgIpc) is 2.32. The van der Waals surface area contributed by atoms with Crippen LogP contribution in [0.5, 0.6) is 0 Å². The molecule has 0 aliphatic rings. The molecule has 0 aliphatic heterocycles. The van der Waals surface area contributed by atoms with Gasteiger partial charge in [0.1, 0.15) is 0 Å². The van der Waals surface area contributed by atoms with Crippen molar-refractivity contribution in [3.8, 4) is 0 Å². The van der Waals surface area contributed by atoms with Crippen LogP contribution >= 0.6 is 23.2 Å². The maximum absolute atomic E-state index is 12.2. The number of rotatable bonds is 3. The van der Waals surface area contributed by atoms with Gasteiger partial charge in [-0.1, -0.05) is 47.5 Å². The molecule has 0 radical (unpaired) electrons. The minimum Gasteiger partial charge on any atom is -0.294 e. The van der Waals surface area contributed by atoms with Crippen LogP contribution in [-0.2, 0) is 6.42 Å². The van der Waals surface area contributed by atoms with E-state index in [1.54, 1.807) is 30.3 Å². The number of ketones is 1. The van der Waals surface area contributed by atoms with Crippen LogP contribution in [-0.4, -0.2) is 5.78 Å². The van der Waals surface area contributed by atoms with Gasteiger partial charge in [-0.3, -0.25) is 4.79 Å². The number of benzene rings is 2. The quantitative estimate of drug-likeness (QED) is 0.742. The summed E-state index contributed by atoms with van der Waals surface area (Å²) in [7, 11) is 0. The summed E-state index contributed by atoms with van der Waals surface area (Å²) in [5.74, 6) is 0.0530. The molecule has 0 aliphatic carbocycles. The molecule has 92 valence electrons. The van der Waals surface area contributed by atoms with Crippen molar-refractivity contribution in [1.82, 2.24) is 0 Å². The topological polar surface area (TPSA) is 17.1 Å². The Morgan fingerprint density at radius 1 is 1.11 bits per heavy atom. The minimum absolute atomic E-state index is 0.0530. The van der Waals surface area contributed by atoms with E-state index in [-0.39, 0.29) is 5.78 Å². The molecule has 2 aromatic rings. The largest absolute Gasteiger partial charge is 0.294 e. The number of hydrogen-bond acceptors (Lipinski definition) is 1. The van der Waals surface area contributed by atoms with Gasteiger partial charge in [-0.05, 0) is 36.2 Å². The fourth-order valence-electron chi connectivity index (χ4n) is 1.84. The zero-order valence-electron chi connectivity index (χ0n) is 9.91. The molecule has 0 aromatic heterocycles. The molecule has 0 heterocycles. The number of halogens is 2. The summed E-state index contributed by atoms with van der Waals surface area (Å²) in [6, 6.07) is 12.7. The van der Waals surface area contributed by atoms with Crippen molar-refractivity contribution >= 4 is 29.0 Å². The fraction of sp³-hybridized carbons (Fsp3) is 0.133. The van der Waals surface area contributed by atoms with Gasteiger partial charge in [0.2, 0.25) is 0 Å². The Bertz CT molecular complexity index is 591. The third-order valence-corrected chi connectivity index (χ3v) is 3.47. The van der Waals surface area contributed by atoms with E-state index >= 15 is 0 Å². The van der Waals surface area contributed by atoms with Crippen molar-refractivity contribution in [2.75, 3.05) is 0 Å². The summed E-state index contributed by atoms with van der Waals surface area (Å²) >= 11 is 11.9. The van der Waals surface area contributed by atoms with E-state index in [9.17, 15) is 4.79 Å². The van der Waals surface area contributed by atoms with Gasteiger partial charge in [-0.25, -0.2) is 0 Å². The molecule has 0 saturated carbocycles. The summed E-state index contributed by atoms with van der Waals surface area (Å²) < 4.78 is 0. The van der Waals surface area contributed by atoms with Crippen LogP contribution in [0.25, 0.3) is 0 Å². The molecule has 0 N–H and O–H groups in total. The van der Waals surface area contributed by atoms with E-state index in [0.717, 1.165) is 11.1 Å². The van der Waals surface area contributed by atoms with Crippen LogP contribution in [0, 0.1) is 6.92 Å². The summed E-state index contributed by atoms with van der Waals surface area (Å²) in [4.78, 5) is 12.2. The van der Waals surface area contributed by atoms with E-state index in [4.69, 9.17) is 23.2 Å². The fourth-order valence-corrected chi connectivity index (χ4v) is 2.22. The van der Waals surface area contributed by atoms with Crippen LogP contribution in [0.4, 0.5) is 0 Å². The normalized spacial score (nSPS) is 10.4. The monoisotopic (exact) mass is 278 g/mol. The molecule has 0 atom stereocenters. The third kappa shape index (κ3) is 2.92. The lowest BCUT2D eigenvalue weighted by molar-refractivity contribution is 0.0992. The first-order valence-corrected chi connectivity index (χ1v) is 6.36. The first-order chi connectivity index (χ1) is 8.58. The molecular weight excluding hydrogens is 267 g/mol. The molecule has 2 aromatic carbocycles. The molecule has 0 fully saturated rings. The van der Waals surface area contributed by atoms with Crippen molar-refractivity contribution in [2.24, 2.45) is 0 Å². The first-order valence-electron chi connectivity index (χ1n) is 5.60. The Balaban J connectivity index is 2.25. The number of carbonyl (C=O) groups is 1. The van der Waals surface area contributed by atoms with E-state index < -0.39 is 0 Å². The van der Waals surface area contributed by atoms with Crippen LogP contribution in [0.2, 0.25) is 10.0 Å². The second-order valence-corrected chi connectivity index (χ2v) is 4.99. The van der Waals surface area contributed by atoms with Crippen molar-refractivity contribution in [3.05, 3.63) is 69.2 Å². The highest BCUT2D eigenvalue weighted by Crippen LogP contribution is 2.21. The third-order valence-electron chi connectivity index (χ3n) is 2.82. The van der Waals surface area contributed by atoms with E-state index in [1.165, 1.54) is 0 Å². The lowest BCUT2D eigenvalue weighted by Crippen LogP contribution is -2.05. The van der Waals surface area contributed by atoms with Crippen LogP contribution in [0.15, 0.2) is 42.5 Å². The zero-order chi connectivity index (χ0) is 13.1. The van der Waals surface area contributed by atoms with Crippen molar-refractivity contribution in [2.45, 2.75) is 13.3 Å². The molecular formula is C15H12Cl2O. The van der Waals surface area contributed by atoms with Gasteiger partial charge in [0.15, 0.2) is 5.78 Å². The standard InChI is InChI=1S/C15H12Cl2O/c1-10-13(6-3-7-14(10)17)15(18)9-11-4-2-5-12(16)8-11/h2-8H,9H2,1H3. The number of carbonyl (C=O) groups excluding carboxylic acids is 1. The molecule has 18 heavy (non-hydrogen) atoms. The van der Waals surface area contributed by atoms with Gasteiger partial charge < -0.3 is 0 Å². The molecule has 0 spiro atoms. The van der Waals surface area contributed by atoms with Gasteiger partial charge in [0.05, 0.1) is 0 Å². The van der Waals surface area contributed by atoms with Gasteiger partial charge in [-0.2, -0.15) is 0 Å². The van der Waals surface area contributed by atoms with Crippen LogP contribution in [0.3, 0.4) is 0 Å². The summed E-state index contributed by atoms with van der Waals surface area (Å²) in [6.45, 7) is 1.85. The Kier molecular flexibility index (Phi) is 4.05. The van der Waals surface area contributed by atoms with Gasteiger partial charge in [0, 0.05) is 22.0 Å². The smallest absolute Gasteiger partial charge is 0.167 e. The Morgan fingerprint density at radius 3 is 2.56 bits per heavy atom. The number of Topliss-reactive ketones (excluding diaryl/α,β-unsaturated/α-hetero) is 1. The van der Waals surface area contributed by atoms with Crippen molar-refractivity contribution in [3.63, 3.8) is 0 Å². The predicted molar refractivity (Wildman–Crippen MR) is 75.7 cm³/mol. The van der Waals surface area contributed by atoms with Crippen molar-refractivity contribution < 1.29 is 4.79 Å². The van der Waals surface area contributed by atoms with Crippen LogP contribution in [0.1, 0.15) is 21.5 Å². The molecule has 0 unspecified atom stereocenters. The van der Waals surface area contributed by atoms with E-state index in [1.807, 2.05) is 19.1 Å². The van der Waals surface area contributed by atoms with E-state index in [2.05, 4.69) is 0 Å². The lowest BCUT2D eigenvalue weighted by atomic mass is 9.99. The maximum atomic E-state index is 12.2. The average molecular weight is 279 g/mol. The molecule has 0 amide bonds. The second-order valence-electron chi connectivity index (χ2n) is 4.14. The lowest BCUT2D eigenvalue weighted by Gasteiger charge is -2.06. The highest BCUT2D eigenvalue weighted by atomic mass is 35.5. The first kappa shape index (κ1) is 13.1. The highest BCUT2D eigenvalue weighted by molar-refractivity contribution is 6.32. The summed E-state index contributed by atoms with van der Waals surface area (Å²) in [6.07, 6.45) is 0.335. The highest BCUT2D eigenvalue weighted by Gasteiger charge is 2.11. The predicted octanol–water partition coefficient (Wildman–Crippen LogP) is 4.73. The van der Waals surface area contributed by atoms with Crippen LogP contribution < -0.4 is 0 Å². The number of hydrogen-bond donors (Lipinski definition) is 0. The Labute approximate surface area is 116 Å². The van der Waals surface area contributed by atoms with E-state index in [0.29, 0.717) is 22.0 Å². The maximum Gasteiger partial charge on any atom is 0.167 e. The van der Waals surface area contributed by atoms with Gasteiger partial charge in [-0.15, -0.1) is 0 Å². The molecule has 3 heteroatoms. The summed E-state index contributed by atoms with van der Waals surface area (Å²) in [5, 5.41) is 1.26. The van der Waals surface area contributed by atoms with Gasteiger partial charge >= 0.3 is 0 Å². The second kappa shape index (κ2) is 5.55. The van der Waals surface area contributed by atoms with Crippen molar-refractivity contribution in [1.29, 1.82) is 0 Å². The SMILES string of the molecule is Cc1c(Cl)cccc1C(=O)Cc1cccc(Cl)c1.